The van der Waals surface area contributed by atoms with Crippen molar-refractivity contribution in [2.75, 3.05) is 17.3 Å². The first-order valence-corrected chi connectivity index (χ1v) is 6.16. The van der Waals surface area contributed by atoms with Gasteiger partial charge in [-0.15, -0.1) is 11.6 Å². The Bertz CT molecular complexity index is 589. The summed E-state index contributed by atoms with van der Waals surface area (Å²) in [6, 6.07) is 6.85. The molecule has 2 aromatic rings. The molecule has 94 valence electrons. The van der Waals surface area contributed by atoms with E-state index in [1.807, 2.05) is 0 Å². The third-order valence-electron chi connectivity index (χ3n) is 2.52. The highest BCUT2D eigenvalue weighted by Gasteiger charge is 2.17. The number of anilines is 1. The number of carboxylic acid groups (broad SMARTS) is 1. The minimum Gasteiger partial charge on any atom is -0.465 e. The molecule has 0 radical (unpaired) electrons. The van der Waals surface area contributed by atoms with Gasteiger partial charge in [0.25, 0.3) is 0 Å². The van der Waals surface area contributed by atoms with Crippen molar-refractivity contribution >= 4 is 45.9 Å². The molecule has 18 heavy (non-hydrogen) atoms. The van der Waals surface area contributed by atoms with Crippen LogP contribution in [0, 0.1) is 0 Å². The highest BCUT2D eigenvalue weighted by molar-refractivity contribution is 6.36. The van der Waals surface area contributed by atoms with Crippen LogP contribution in [-0.4, -0.2) is 28.6 Å². The molecular formula is C12H10Cl2N2O2. The van der Waals surface area contributed by atoms with Gasteiger partial charge in [-0.2, -0.15) is 0 Å². The van der Waals surface area contributed by atoms with Crippen LogP contribution in [-0.2, 0) is 0 Å². The fraction of sp³-hybridized carbons (Fsp3) is 0.167. The lowest BCUT2D eigenvalue weighted by Crippen LogP contribution is -2.31. The predicted molar refractivity (Wildman–Crippen MR) is 72.8 cm³/mol. The lowest BCUT2D eigenvalue weighted by Gasteiger charge is -2.19. The maximum Gasteiger partial charge on any atom is 0.411 e. The van der Waals surface area contributed by atoms with Crippen molar-refractivity contribution < 1.29 is 9.90 Å². The fourth-order valence-corrected chi connectivity index (χ4v) is 2.13. The molecule has 1 N–H and O–H groups in total. The molecular weight excluding hydrogens is 275 g/mol. The maximum absolute atomic E-state index is 11.2. The molecule has 0 atom stereocenters. The summed E-state index contributed by atoms with van der Waals surface area (Å²) in [7, 11) is 0. The Hall–Kier alpha value is -1.52. The quantitative estimate of drug-likeness (QED) is 0.876. The first kappa shape index (κ1) is 12.9. The molecule has 1 heterocycles. The molecule has 0 aliphatic carbocycles. The monoisotopic (exact) mass is 284 g/mol. The number of carbonyl (C=O) groups is 1. The topological polar surface area (TPSA) is 53.4 Å². The van der Waals surface area contributed by atoms with Crippen molar-refractivity contribution in [1.82, 2.24) is 4.98 Å². The van der Waals surface area contributed by atoms with Crippen LogP contribution in [0.5, 0.6) is 0 Å². The lowest BCUT2D eigenvalue weighted by atomic mass is 10.2. The van der Waals surface area contributed by atoms with E-state index in [9.17, 15) is 9.90 Å². The third-order valence-corrected chi connectivity index (χ3v) is 3.02. The molecule has 6 heteroatoms. The van der Waals surface area contributed by atoms with Gasteiger partial charge >= 0.3 is 6.09 Å². The number of aromatic nitrogens is 1. The van der Waals surface area contributed by atoms with E-state index < -0.39 is 6.09 Å². The van der Waals surface area contributed by atoms with Gasteiger partial charge in [-0.3, -0.25) is 9.88 Å². The zero-order valence-corrected chi connectivity index (χ0v) is 10.8. The van der Waals surface area contributed by atoms with Gasteiger partial charge in [-0.1, -0.05) is 11.6 Å². The molecule has 0 saturated heterocycles. The molecule has 0 unspecified atom stereocenters. The Morgan fingerprint density at radius 2 is 2.17 bits per heavy atom. The first-order valence-electron chi connectivity index (χ1n) is 5.25. The highest BCUT2D eigenvalue weighted by Crippen LogP contribution is 2.30. The van der Waals surface area contributed by atoms with E-state index in [1.54, 1.807) is 30.5 Å². The largest absolute Gasteiger partial charge is 0.465 e. The van der Waals surface area contributed by atoms with Crippen molar-refractivity contribution in [3.05, 3.63) is 35.5 Å². The summed E-state index contributed by atoms with van der Waals surface area (Å²) < 4.78 is 0. The third kappa shape index (κ3) is 2.35. The molecule has 4 nitrogen and oxygen atoms in total. The average molecular weight is 285 g/mol. The lowest BCUT2D eigenvalue weighted by molar-refractivity contribution is 0.202. The molecule has 1 aromatic carbocycles. The molecule has 0 bridgehead atoms. The summed E-state index contributed by atoms with van der Waals surface area (Å²) in [5, 5.41) is 10.5. The molecule has 1 amide bonds. The zero-order valence-electron chi connectivity index (χ0n) is 9.31. The number of alkyl halides is 1. The Labute approximate surface area is 114 Å². The SMILES string of the molecule is O=C(O)N(CCCl)c1ccc(Cl)c2cccnc12. The minimum absolute atomic E-state index is 0.199. The second-order valence-corrected chi connectivity index (χ2v) is 4.37. The van der Waals surface area contributed by atoms with Crippen LogP contribution < -0.4 is 4.90 Å². The number of amides is 1. The smallest absolute Gasteiger partial charge is 0.411 e. The molecule has 2 rings (SSSR count). The van der Waals surface area contributed by atoms with Gasteiger partial charge in [0.15, 0.2) is 0 Å². The second-order valence-electron chi connectivity index (χ2n) is 3.59. The number of nitrogens with zero attached hydrogens (tertiary/aromatic N) is 2. The van der Waals surface area contributed by atoms with E-state index in [2.05, 4.69) is 4.98 Å². The number of rotatable bonds is 3. The van der Waals surface area contributed by atoms with Crippen molar-refractivity contribution in [3.8, 4) is 0 Å². The van der Waals surface area contributed by atoms with E-state index >= 15 is 0 Å². The van der Waals surface area contributed by atoms with Gasteiger partial charge in [0.05, 0.1) is 16.2 Å². The van der Waals surface area contributed by atoms with Crippen LogP contribution in [0.15, 0.2) is 30.5 Å². The number of fused-ring (bicyclic) bond motifs is 1. The predicted octanol–water partition coefficient (Wildman–Crippen LogP) is 3.61. The number of benzene rings is 1. The summed E-state index contributed by atoms with van der Waals surface area (Å²) in [5.74, 6) is 0.212. The number of hydrogen-bond acceptors (Lipinski definition) is 2. The van der Waals surface area contributed by atoms with Crippen molar-refractivity contribution in [2.24, 2.45) is 0 Å². The van der Waals surface area contributed by atoms with E-state index in [1.165, 1.54) is 4.90 Å². The van der Waals surface area contributed by atoms with Crippen molar-refractivity contribution in [1.29, 1.82) is 0 Å². The van der Waals surface area contributed by atoms with E-state index in [4.69, 9.17) is 23.2 Å². The van der Waals surface area contributed by atoms with Gasteiger partial charge < -0.3 is 5.11 Å². The summed E-state index contributed by atoms with van der Waals surface area (Å²) in [4.78, 5) is 16.6. The maximum atomic E-state index is 11.2. The molecule has 0 saturated carbocycles. The molecule has 1 aromatic heterocycles. The summed E-state index contributed by atoms with van der Waals surface area (Å²) in [5.41, 5.74) is 1.04. The number of halogens is 2. The Morgan fingerprint density at radius 1 is 1.39 bits per heavy atom. The van der Waals surface area contributed by atoms with E-state index in [-0.39, 0.29) is 12.4 Å². The highest BCUT2D eigenvalue weighted by atomic mass is 35.5. The average Bonchev–Trinajstić information content (AvgIpc) is 2.37. The Morgan fingerprint density at radius 3 is 2.83 bits per heavy atom. The summed E-state index contributed by atoms with van der Waals surface area (Å²) in [6.45, 7) is 0.199. The minimum atomic E-state index is -1.06. The van der Waals surface area contributed by atoms with Crippen LogP contribution in [0.3, 0.4) is 0 Å². The van der Waals surface area contributed by atoms with Crippen LogP contribution in [0.4, 0.5) is 10.5 Å². The van der Waals surface area contributed by atoms with Gasteiger partial charge in [0.2, 0.25) is 0 Å². The standard InChI is InChI=1S/C12H10Cl2N2O2/c13-5-7-16(12(17)18)10-4-3-9(14)8-2-1-6-15-11(8)10/h1-4,6H,5,7H2,(H,17,18). The van der Waals surface area contributed by atoms with Crippen molar-refractivity contribution in [3.63, 3.8) is 0 Å². The molecule has 0 aliphatic heterocycles. The van der Waals surface area contributed by atoms with Gasteiger partial charge in [-0.25, -0.2) is 4.79 Å². The van der Waals surface area contributed by atoms with Crippen LogP contribution in [0.2, 0.25) is 5.02 Å². The van der Waals surface area contributed by atoms with Gasteiger partial charge in [0.1, 0.15) is 0 Å². The number of pyridine rings is 1. The molecule has 0 spiro atoms. The summed E-state index contributed by atoms with van der Waals surface area (Å²) >= 11 is 11.7. The van der Waals surface area contributed by atoms with Crippen molar-refractivity contribution in [2.45, 2.75) is 0 Å². The first-order chi connectivity index (χ1) is 8.65. The van der Waals surface area contributed by atoms with Crippen LogP contribution in [0.1, 0.15) is 0 Å². The van der Waals surface area contributed by atoms with Gasteiger partial charge in [-0.05, 0) is 24.3 Å². The summed E-state index contributed by atoms with van der Waals surface area (Å²) in [6.07, 6.45) is 0.535. The Balaban J connectivity index is 2.63. The van der Waals surface area contributed by atoms with Crippen LogP contribution in [0.25, 0.3) is 10.9 Å². The Kier molecular flexibility index (Phi) is 3.89. The fourth-order valence-electron chi connectivity index (χ4n) is 1.74. The second kappa shape index (κ2) is 5.42. The van der Waals surface area contributed by atoms with E-state index in [0.717, 1.165) is 5.39 Å². The molecule has 0 aliphatic rings. The zero-order chi connectivity index (χ0) is 13.1. The number of hydrogen-bond donors (Lipinski definition) is 1. The van der Waals surface area contributed by atoms with E-state index in [0.29, 0.717) is 16.2 Å². The molecule has 0 fully saturated rings. The van der Waals surface area contributed by atoms with Gasteiger partial charge in [0, 0.05) is 24.0 Å². The van der Waals surface area contributed by atoms with Crippen LogP contribution >= 0.6 is 23.2 Å². The normalized spacial score (nSPS) is 10.6.